The third-order valence-electron chi connectivity index (χ3n) is 2.71. The monoisotopic (exact) mass is 281 g/mol. The van der Waals surface area contributed by atoms with Crippen molar-refractivity contribution in [1.29, 1.82) is 0 Å². The first-order valence-electron chi connectivity index (χ1n) is 5.81. The normalized spacial score (nSPS) is 14.9. The lowest BCUT2D eigenvalue weighted by Gasteiger charge is -2.13. The van der Waals surface area contributed by atoms with E-state index in [0.29, 0.717) is 10.8 Å². The number of aromatic nitrogens is 1. The molecule has 0 unspecified atom stereocenters. The van der Waals surface area contributed by atoms with Gasteiger partial charge in [-0.1, -0.05) is 11.6 Å². The highest BCUT2D eigenvalue weighted by molar-refractivity contribution is 6.30. The summed E-state index contributed by atoms with van der Waals surface area (Å²) in [7, 11) is 0. The molecule has 1 saturated heterocycles. The first-order chi connectivity index (χ1) is 9.06. The maximum atomic E-state index is 11.6. The van der Waals surface area contributed by atoms with Crippen molar-refractivity contribution >= 4 is 35.1 Å². The Bertz CT molecular complexity index is 499. The Hall–Kier alpha value is -1.95. The van der Waals surface area contributed by atoms with Crippen LogP contribution in [-0.2, 0) is 14.4 Å². The van der Waals surface area contributed by atoms with Gasteiger partial charge in [-0.25, -0.2) is 4.98 Å². The zero-order valence-corrected chi connectivity index (χ0v) is 10.8. The Kier molecular flexibility index (Phi) is 4.11. The van der Waals surface area contributed by atoms with Crippen molar-refractivity contribution < 1.29 is 14.4 Å². The van der Waals surface area contributed by atoms with Crippen LogP contribution in [0.15, 0.2) is 18.3 Å². The Morgan fingerprint density at radius 1 is 1.32 bits per heavy atom. The van der Waals surface area contributed by atoms with Crippen LogP contribution in [0.4, 0.5) is 5.82 Å². The molecule has 19 heavy (non-hydrogen) atoms. The van der Waals surface area contributed by atoms with Crippen molar-refractivity contribution in [2.24, 2.45) is 0 Å². The highest BCUT2D eigenvalue weighted by Gasteiger charge is 2.28. The van der Waals surface area contributed by atoms with E-state index in [9.17, 15) is 14.4 Å². The maximum Gasteiger partial charge on any atom is 0.229 e. The second kappa shape index (κ2) is 5.79. The summed E-state index contributed by atoms with van der Waals surface area (Å²) in [6.45, 7) is 0.108. The van der Waals surface area contributed by atoms with E-state index >= 15 is 0 Å². The number of pyridine rings is 1. The van der Waals surface area contributed by atoms with E-state index < -0.39 is 0 Å². The minimum absolute atomic E-state index is 0.0573. The fourth-order valence-corrected chi connectivity index (χ4v) is 1.85. The molecular weight excluding hydrogens is 270 g/mol. The number of amides is 3. The minimum Gasteiger partial charge on any atom is -0.311 e. The van der Waals surface area contributed by atoms with Crippen LogP contribution in [0.5, 0.6) is 0 Å². The number of hydrogen-bond acceptors (Lipinski definition) is 4. The van der Waals surface area contributed by atoms with Gasteiger partial charge < -0.3 is 5.32 Å². The van der Waals surface area contributed by atoms with Crippen molar-refractivity contribution in [3.05, 3.63) is 23.4 Å². The van der Waals surface area contributed by atoms with Gasteiger partial charge in [0, 0.05) is 32.0 Å². The molecule has 0 spiro atoms. The van der Waals surface area contributed by atoms with E-state index in [1.807, 2.05) is 0 Å². The quantitative estimate of drug-likeness (QED) is 0.842. The van der Waals surface area contributed by atoms with Crippen molar-refractivity contribution in [2.45, 2.75) is 19.3 Å². The number of carbonyl (C=O) groups excluding carboxylic acids is 3. The van der Waals surface area contributed by atoms with Crippen LogP contribution in [0.2, 0.25) is 5.02 Å². The van der Waals surface area contributed by atoms with Crippen LogP contribution in [0, 0.1) is 0 Å². The average Bonchev–Trinajstić information content (AvgIpc) is 2.70. The molecule has 0 aliphatic carbocycles. The molecule has 2 rings (SSSR count). The van der Waals surface area contributed by atoms with Crippen molar-refractivity contribution in [3.63, 3.8) is 0 Å². The lowest BCUT2D eigenvalue weighted by Crippen LogP contribution is -2.32. The van der Waals surface area contributed by atoms with Crippen LogP contribution in [0.25, 0.3) is 0 Å². The predicted octanol–water partition coefficient (Wildman–Crippen LogP) is 1.21. The largest absolute Gasteiger partial charge is 0.311 e. The third-order valence-corrected chi connectivity index (χ3v) is 2.94. The van der Waals surface area contributed by atoms with Gasteiger partial charge >= 0.3 is 0 Å². The minimum atomic E-state index is -0.303. The molecule has 100 valence electrons. The standard InChI is InChI=1S/C12H12ClN3O3/c13-8-1-2-9(14-7-8)15-10(17)5-6-16-11(18)3-4-12(16)19/h1-2,7H,3-6H2,(H,14,15,17). The second-order valence-electron chi connectivity index (χ2n) is 4.10. The van der Waals surface area contributed by atoms with Crippen LogP contribution in [-0.4, -0.2) is 34.2 Å². The number of carbonyl (C=O) groups is 3. The molecule has 0 atom stereocenters. The SMILES string of the molecule is O=C(CCN1C(=O)CCC1=O)Nc1ccc(Cl)cn1. The summed E-state index contributed by atoms with van der Waals surface area (Å²) in [5, 5.41) is 3.04. The van der Waals surface area contributed by atoms with Crippen LogP contribution in [0.3, 0.4) is 0 Å². The Labute approximate surface area is 114 Å². The summed E-state index contributed by atoms with van der Waals surface area (Å²) in [6.07, 6.45) is 1.95. The van der Waals surface area contributed by atoms with Gasteiger partial charge in [-0.3, -0.25) is 19.3 Å². The smallest absolute Gasteiger partial charge is 0.229 e. The Morgan fingerprint density at radius 3 is 2.58 bits per heavy atom. The molecule has 6 nitrogen and oxygen atoms in total. The van der Waals surface area contributed by atoms with E-state index in [-0.39, 0.29) is 43.5 Å². The van der Waals surface area contributed by atoms with Crippen molar-refractivity contribution in [1.82, 2.24) is 9.88 Å². The predicted molar refractivity (Wildman–Crippen MR) is 68.4 cm³/mol. The first-order valence-corrected chi connectivity index (χ1v) is 6.18. The van der Waals surface area contributed by atoms with Gasteiger partial charge in [-0.15, -0.1) is 0 Å². The maximum absolute atomic E-state index is 11.6. The van der Waals surface area contributed by atoms with Gasteiger partial charge in [0.1, 0.15) is 5.82 Å². The van der Waals surface area contributed by atoms with Crippen molar-refractivity contribution in [3.8, 4) is 0 Å². The van der Waals surface area contributed by atoms with Gasteiger partial charge in [0.05, 0.1) is 5.02 Å². The molecule has 3 amide bonds. The number of imide groups is 1. The lowest BCUT2D eigenvalue weighted by atomic mass is 10.3. The van der Waals surface area contributed by atoms with Gasteiger partial charge in [-0.2, -0.15) is 0 Å². The molecule has 2 heterocycles. The molecule has 7 heteroatoms. The molecule has 0 bridgehead atoms. The number of likely N-dealkylation sites (tertiary alicyclic amines) is 1. The van der Waals surface area contributed by atoms with E-state index in [1.165, 1.54) is 6.20 Å². The van der Waals surface area contributed by atoms with E-state index in [1.54, 1.807) is 12.1 Å². The third kappa shape index (κ3) is 3.51. The molecule has 1 aromatic heterocycles. The lowest BCUT2D eigenvalue weighted by molar-refractivity contribution is -0.138. The number of anilines is 1. The van der Waals surface area contributed by atoms with Gasteiger partial charge in [0.15, 0.2) is 0 Å². The number of halogens is 1. The molecule has 0 aromatic carbocycles. The summed E-state index contributed by atoms with van der Waals surface area (Å²) < 4.78 is 0. The van der Waals surface area contributed by atoms with Gasteiger partial charge in [-0.05, 0) is 12.1 Å². The molecule has 1 fully saturated rings. The number of nitrogens with zero attached hydrogens (tertiary/aromatic N) is 2. The van der Waals surface area contributed by atoms with Gasteiger partial charge in [0.25, 0.3) is 0 Å². The Balaban J connectivity index is 1.83. The fraction of sp³-hybridized carbons (Fsp3) is 0.333. The topological polar surface area (TPSA) is 79.4 Å². The molecular formula is C12H12ClN3O3. The Morgan fingerprint density at radius 2 is 2.00 bits per heavy atom. The number of rotatable bonds is 4. The van der Waals surface area contributed by atoms with Crippen LogP contribution in [0.1, 0.15) is 19.3 Å². The molecule has 0 radical (unpaired) electrons. The fourth-order valence-electron chi connectivity index (χ4n) is 1.74. The van der Waals surface area contributed by atoms with Crippen LogP contribution < -0.4 is 5.32 Å². The molecule has 0 saturated carbocycles. The molecule has 1 aromatic rings. The second-order valence-corrected chi connectivity index (χ2v) is 4.54. The molecule has 1 aliphatic heterocycles. The van der Waals surface area contributed by atoms with E-state index in [0.717, 1.165) is 4.90 Å². The van der Waals surface area contributed by atoms with Gasteiger partial charge in [0.2, 0.25) is 17.7 Å². The van der Waals surface area contributed by atoms with Crippen LogP contribution >= 0.6 is 11.6 Å². The van der Waals surface area contributed by atoms with E-state index in [2.05, 4.69) is 10.3 Å². The zero-order valence-electron chi connectivity index (χ0n) is 10.1. The zero-order chi connectivity index (χ0) is 13.8. The highest BCUT2D eigenvalue weighted by Crippen LogP contribution is 2.13. The summed E-state index contributed by atoms with van der Waals surface area (Å²) >= 11 is 5.67. The average molecular weight is 282 g/mol. The summed E-state index contributed by atoms with van der Waals surface area (Å²) in [4.78, 5) is 39.3. The van der Waals surface area contributed by atoms with Crippen molar-refractivity contribution in [2.75, 3.05) is 11.9 Å². The highest BCUT2D eigenvalue weighted by atomic mass is 35.5. The first kappa shape index (κ1) is 13.5. The summed E-state index contributed by atoms with van der Waals surface area (Å²) in [5.41, 5.74) is 0. The van der Waals surface area contributed by atoms with E-state index in [4.69, 9.17) is 11.6 Å². The number of nitrogens with one attached hydrogen (secondary N) is 1. The summed E-state index contributed by atoms with van der Waals surface area (Å²) in [6, 6.07) is 3.18. The number of hydrogen-bond donors (Lipinski definition) is 1. The molecule has 1 aliphatic rings. The summed E-state index contributed by atoms with van der Waals surface area (Å²) in [5.74, 6) is -0.361. The molecule has 1 N–H and O–H groups in total.